The van der Waals surface area contributed by atoms with Crippen molar-refractivity contribution in [3.63, 3.8) is 0 Å². The molecule has 3 rings (SSSR count). The van der Waals surface area contributed by atoms with E-state index in [1.807, 2.05) is 36.1 Å². The predicted molar refractivity (Wildman–Crippen MR) is 106 cm³/mol. The van der Waals surface area contributed by atoms with Crippen LogP contribution in [-0.2, 0) is 14.3 Å². The predicted octanol–water partition coefficient (Wildman–Crippen LogP) is 3.67. The average molecular weight is 382 g/mol. The highest BCUT2D eigenvalue weighted by Gasteiger charge is 2.27. The maximum atomic E-state index is 11.6. The fraction of sp³-hybridized carbons (Fsp3) is 0.286. The van der Waals surface area contributed by atoms with Gasteiger partial charge in [0, 0.05) is 25.2 Å². The molecule has 0 radical (unpaired) electrons. The largest absolute Gasteiger partial charge is 0.466 e. The molecule has 0 spiro atoms. The molecule has 1 heterocycles. The van der Waals surface area contributed by atoms with Crippen LogP contribution in [0.1, 0.15) is 22.8 Å². The first kappa shape index (κ1) is 19.6. The Labute approximate surface area is 163 Å². The number of hydrogen-bond acceptors (Lipinski definition) is 6. The molecule has 0 amide bonds. The van der Waals surface area contributed by atoms with Gasteiger partial charge in [0.1, 0.15) is 11.8 Å². The summed E-state index contributed by atoms with van der Waals surface area (Å²) in [6, 6.07) is 12.9. The molecule has 7 heteroatoms. The molecular formula is C21H22N2O5. The van der Waals surface area contributed by atoms with Gasteiger partial charge in [0.25, 0.3) is 5.69 Å². The highest BCUT2D eigenvalue weighted by Crippen LogP contribution is 2.34. The highest BCUT2D eigenvalue weighted by atomic mass is 16.6. The van der Waals surface area contributed by atoms with E-state index in [4.69, 9.17) is 4.74 Å². The van der Waals surface area contributed by atoms with Gasteiger partial charge in [-0.2, -0.15) is 0 Å². The van der Waals surface area contributed by atoms with Gasteiger partial charge in [-0.1, -0.05) is 30.3 Å². The molecule has 28 heavy (non-hydrogen) atoms. The molecule has 1 unspecified atom stereocenters. The molecule has 2 aromatic rings. The second-order valence-electron chi connectivity index (χ2n) is 6.52. The highest BCUT2D eigenvalue weighted by molar-refractivity contribution is 5.87. The lowest BCUT2D eigenvalue weighted by atomic mass is 10.0. The number of ether oxygens (including phenoxy) is 2. The van der Waals surface area contributed by atoms with Crippen LogP contribution in [0.25, 0.3) is 6.08 Å². The van der Waals surface area contributed by atoms with E-state index in [1.165, 1.54) is 25.3 Å². The number of rotatable bonds is 5. The van der Waals surface area contributed by atoms with E-state index >= 15 is 0 Å². The molecule has 1 saturated heterocycles. The lowest BCUT2D eigenvalue weighted by molar-refractivity contribution is -0.384. The minimum absolute atomic E-state index is 0.00236. The van der Waals surface area contributed by atoms with Crippen LogP contribution in [0.3, 0.4) is 0 Å². The molecule has 1 atom stereocenters. The third kappa shape index (κ3) is 4.37. The molecule has 0 N–H and O–H groups in total. The topological polar surface area (TPSA) is 81.9 Å². The first-order valence-corrected chi connectivity index (χ1v) is 8.96. The van der Waals surface area contributed by atoms with Crippen molar-refractivity contribution >= 4 is 23.4 Å². The van der Waals surface area contributed by atoms with Crippen molar-refractivity contribution in [3.8, 4) is 0 Å². The first-order valence-electron chi connectivity index (χ1n) is 8.96. The number of nitro groups is 1. The van der Waals surface area contributed by atoms with Gasteiger partial charge < -0.3 is 14.4 Å². The van der Waals surface area contributed by atoms with Gasteiger partial charge >= 0.3 is 5.97 Å². The number of benzene rings is 2. The van der Waals surface area contributed by atoms with Gasteiger partial charge in [0.2, 0.25) is 0 Å². The summed E-state index contributed by atoms with van der Waals surface area (Å²) in [7, 11) is 1.28. The normalized spacial score (nSPS) is 16.9. The Morgan fingerprint density at radius 3 is 2.82 bits per heavy atom. The zero-order valence-electron chi connectivity index (χ0n) is 15.8. The van der Waals surface area contributed by atoms with Crippen LogP contribution < -0.4 is 4.90 Å². The Bertz CT molecular complexity index is 909. The third-order valence-corrected chi connectivity index (χ3v) is 4.75. The van der Waals surface area contributed by atoms with Crippen LogP contribution in [0.15, 0.2) is 48.5 Å². The third-order valence-electron chi connectivity index (χ3n) is 4.75. The zero-order chi connectivity index (χ0) is 20.1. The van der Waals surface area contributed by atoms with E-state index in [-0.39, 0.29) is 11.8 Å². The average Bonchev–Trinajstić information content (AvgIpc) is 2.72. The molecule has 0 aromatic heterocycles. The molecule has 146 valence electrons. The second-order valence-corrected chi connectivity index (χ2v) is 6.52. The van der Waals surface area contributed by atoms with Gasteiger partial charge in [0.05, 0.1) is 18.6 Å². The molecule has 0 aliphatic carbocycles. The van der Waals surface area contributed by atoms with E-state index in [0.29, 0.717) is 30.9 Å². The van der Waals surface area contributed by atoms with Crippen molar-refractivity contribution in [2.24, 2.45) is 0 Å². The number of morpholine rings is 1. The Hall–Kier alpha value is -3.19. The molecule has 0 bridgehead atoms. The molecule has 1 aliphatic rings. The van der Waals surface area contributed by atoms with E-state index in [0.717, 1.165) is 11.1 Å². The number of anilines is 1. The van der Waals surface area contributed by atoms with E-state index < -0.39 is 10.9 Å². The van der Waals surface area contributed by atoms with Crippen molar-refractivity contribution in [1.82, 2.24) is 0 Å². The quantitative estimate of drug-likeness (QED) is 0.340. The Morgan fingerprint density at radius 1 is 1.32 bits per heavy atom. The number of aryl methyl sites for hydroxylation is 1. The smallest absolute Gasteiger partial charge is 0.330 e. The van der Waals surface area contributed by atoms with Crippen molar-refractivity contribution < 1.29 is 19.2 Å². The summed E-state index contributed by atoms with van der Waals surface area (Å²) in [5.41, 5.74) is 3.32. The van der Waals surface area contributed by atoms with Crippen molar-refractivity contribution in [2.45, 2.75) is 13.0 Å². The SMILES string of the molecule is COC(=O)/C=C/c1ccc(N2CCOC(c3ccccc3C)C2)c([N+](=O)[O-])c1. The number of nitrogens with zero attached hydrogens (tertiary/aromatic N) is 2. The van der Waals surface area contributed by atoms with E-state index in [9.17, 15) is 14.9 Å². The summed E-state index contributed by atoms with van der Waals surface area (Å²) >= 11 is 0. The van der Waals surface area contributed by atoms with Crippen LogP contribution in [0.2, 0.25) is 0 Å². The van der Waals surface area contributed by atoms with Gasteiger partial charge in [-0.25, -0.2) is 4.79 Å². The fourth-order valence-electron chi connectivity index (χ4n) is 3.29. The molecular weight excluding hydrogens is 360 g/mol. The molecule has 1 aliphatic heterocycles. The van der Waals surface area contributed by atoms with Crippen LogP contribution in [0.5, 0.6) is 0 Å². The summed E-state index contributed by atoms with van der Waals surface area (Å²) < 4.78 is 10.5. The van der Waals surface area contributed by atoms with Crippen LogP contribution in [0, 0.1) is 17.0 Å². The lowest BCUT2D eigenvalue weighted by Gasteiger charge is -2.35. The second kappa shape index (κ2) is 8.67. The summed E-state index contributed by atoms with van der Waals surface area (Å²) in [5, 5.41) is 11.6. The maximum Gasteiger partial charge on any atom is 0.330 e. The van der Waals surface area contributed by atoms with Crippen LogP contribution >= 0.6 is 0 Å². The monoisotopic (exact) mass is 382 g/mol. The number of carbonyl (C=O) groups excluding carboxylic acids is 1. The minimum Gasteiger partial charge on any atom is -0.466 e. The summed E-state index contributed by atoms with van der Waals surface area (Å²) in [6.07, 6.45) is 2.59. The molecule has 1 fully saturated rings. The van der Waals surface area contributed by atoms with E-state index in [1.54, 1.807) is 12.1 Å². The Morgan fingerprint density at radius 2 is 2.11 bits per heavy atom. The number of nitro benzene ring substituents is 1. The molecule has 2 aromatic carbocycles. The minimum atomic E-state index is -0.513. The standard InChI is InChI=1S/C21H22N2O5/c1-15-5-3-4-6-17(15)20-14-22(11-12-28-20)18-9-7-16(8-10-21(24)27-2)13-19(18)23(25)26/h3-10,13,20H,11-12,14H2,1-2H3/b10-8+. The summed E-state index contributed by atoms with van der Waals surface area (Å²) in [5.74, 6) is -0.513. The van der Waals surface area contributed by atoms with Gasteiger partial charge in [-0.15, -0.1) is 0 Å². The number of carbonyl (C=O) groups is 1. The van der Waals surface area contributed by atoms with Crippen molar-refractivity contribution in [2.75, 3.05) is 31.7 Å². The first-order chi connectivity index (χ1) is 13.5. The number of esters is 1. The van der Waals surface area contributed by atoms with E-state index in [2.05, 4.69) is 4.74 Å². The van der Waals surface area contributed by atoms with Crippen LogP contribution in [-0.4, -0.2) is 37.7 Å². The lowest BCUT2D eigenvalue weighted by Crippen LogP contribution is -2.38. The maximum absolute atomic E-state index is 11.6. The molecule has 7 nitrogen and oxygen atoms in total. The van der Waals surface area contributed by atoms with Gasteiger partial charge in [-0.3, -0.25) is 10.1 Å². The van der Waals surface area contributed by atoms with Crippen LogP contribution in [0.4, 0.5) is 11.4 Å². The van der Waals surface area contributed by atoms with Gasteiger partial charge in [0.15, 0.2) is 0 Å². The number of methoxy groups -OCH3 is 1. The molecule has 0 saturated carbocycles. The zero-order valence-corrected chi connectivity index (χ0v) is 15.8. The Kier molecular flexibility index (Phi) is 6.06. The Balaban J connectivity index is 1.87. The van der Waals surface area contributed by atoms with Crippen molar-refractivity contribution in [1.29, 1.82) is 0 Å². The van der Waals surface area contributed by atoms with Gasteiger partial charge in [-0.05, 0) is 35.8 Å². The summed E-state index contributed by atoms with van der Waals surface area (Å²) in [6.45, 7) is 3.62. The summed E-state index contributed by atoms with van der Waals surface area (Å²) in [4.78, 5) is 24.5. The number of hydrogen-bond donors (Lipinski definition) is 0. The van der Waals surface area contributed by atoms with Crippen molar-refractivity contribution in [3.05, 3.63) is 75.3 Å². The fourth-order valence-corrected chi connectivity index (χ4v) is 3.29.